The Morgan fingerprint density at radius 2 is 1.44 bits per heavy atom. The van der Waals surface area contributed by atoms with Gasteiger partial charge in [0.15, 0.2) is 0 Å². The lowest BCUT2D eigenvalue weighted by atomic mass is 9.82. The van der Waals surface area contributed by atoms with E-state index in [-0.39, 0.29) is 5.41 Å². The molecule has 0 bridgehead atoms. The minimum absolute atomic E-state index is 0.00494. The summed E-state index contributed by atoms with van der Waals surface area (Å²) in [5.74, 6) is 0. The maximum atomic E-state index is 5.97. The van der Waals surface area contributed by atoms with Crippen LogP contribution in [0.4, 0.5) is 0 Å². The Bertz CT molecular complexity index is 999. The quantitative estimate of drug-likeness (QED) is 0.428. The number of ether oxygens (including phenoxy) is 1. The Morgan fingerprint density at radius 3 is 2.15 bits per heavy atom. The van der Waals surface area contributed by atoms with Crippen LogP contribution in [-0.4, -0.2) is 0 Å². The molecule has 0 saturated heterocycles. The maximum Gasteiger partial charge on any atom is 0.0721 e. The highest BCUT2D eigenvalue weighted by Crippen LogP contribution is 2.49. The number of hydrogen-bond acceptors (Lipinski definition) is 1. The third-order valence-corrected chi connectivity index (χ3v) is 5.95. The van der Waals surface area contributed by atoms with E-state index in [0.717, 1.165) is 10.0 Å². The summed E-state index contributed by atoms with van der Waals surface area (Å²) in [7, 11) is 0. The van der Waals surface area contributed by atoms with Crippen LogP contribution in [0.15, 0.2) is 71.7 Å². The minimum atomic E-state index is 0.00494. The summed E-state index contributed by atoms with van der Waals surface area (Å²) in [5.41, 5.74) is 8.98. The Balaban J connectivity index is 1.51. The van der Waals surface area contributed by atoms with E-state index >= 15 is 0 Å². The standard InChI is InChI=1S/C25H23BrO/c1-4-17-5-7-18(8-6-17)15-27-16-19-9-11-21-22-12-10-20(26)14-24(22)25(2,3)23(21)13-19/h4-14H,1,15-16H2,2-3H3. The summed E-state index contributed by atoms with van der Waals surface area (Å²) in [4.78, 5) is 0. The van der Waals surface area contributed by atoms with Crippen molar-refractivity contribution < 1.29 is 4.74 Å². The molecule has 27 heavy (non-hydrogen) atoms. The molecule has 0 radical (unpaired) electrons. The zero-order chi connectivity index (χ0) is 19.0. The highest BCUT2D eigenvalue weighted by Gasteiger charge is 2.35. The Labute approximate surface area is 169 Å². The maximum absolute atomic E-state index is 5.97. The number of fused-ring (bicyclic) bond motifs is 3. The summed E-state index contributed by atoms with van der Waals surface area (Å²) in [6, 6.07) is 21.7. The van der Waals surface area contributed by atoms with E-state index in [0.29, 0.717) is 13.2 Å². The fourth-order valence-electron chi connectivity index (χ4n) is 3.88. The van der Waals surface area contributed by atoms with Crippen molar-refractivity contribution in [3.8, 4) is 11.1 Å². The minimum Gasteiger partial charge on any atom is -0.372 e. The topological polar surface area (TPSA) is 9.23 Å². The molecular weight excluding hydrogens is 396 g/mol. The third kappa shape index (κ3) is 3.40. The zero-order valence-electron chi connectivity index (χ0n) is 15.8. The van der Waals surface area contributed by atoms with Crippen molar-refractivity contribution in [2.24, 2.45) is 0 Å². The van der Waals surface area contributed by atoms with Gasteiger partial charge in [-0.1, -0.05) is 91.0 Å². The Hall–Kier alpha value is -2.16. The lowest BCUT2D eigenvalue weighted by molar-refractivity contribution is 0.107. The first-order valence-electron chi connectivity index (χ1n) is 9.22. The van der Waals surface area contributed by atoms with Crippen molar-refractivity contribution in [3.05, 3.63) is 99.5 Å². The first kappa shape index (κ1) is 18.2. The summed E-state index contributed by atoms with van der Waals surface area (Å²) < 4.78 is 7.10. The van der Waals surface area contributed by atoms with Crippen molar-refractivity contribution in [1.29, 1.82) is 0 Å². The molecule has 2 heteroatoms. The van der Waals surface area contributed by atoms with Crippen molar-refractivity contribution in [1.82, 2.24) is 0 Å². The first-order valence-corrected chi connectivity index (χ1v) is 10.0. The highest BCUT2D eigenvalue weighted by atomic mass is 79.9. The normalized spacial score (nSPS) is 13.9. The molecule has 136 valence electrons. The monoisotopic (exact) mass is 418 g/mol. The molecule has 0 aliphatic heterocycles. The molecular formula is C25H23BrO. The van der Waals surface area contributed by atoms with Crippen molar-refractivity contribution in [2.45, 2.75) is 32.5 Å². The van der Waals surface area contributed by atoms with Crippen LogP contribution in [0.1, 0.15) is 41.7 Å². The van der Waals surface area contributed by atoms with Crippen LogP contribution < -0.4 is 0 Å². The molecule has 1 aliphatic rings. The number of rotatable bonds is 5. The summed E-state index contributed by atoms with van der Waals surface area (Å²) in [5, 5.41) is 0. The second-order valence-corrected chi connectivity index (χ2v) is 8.55. The Morgan fingerprint density at radius 1 is 0.852 bits per heavy atom. The molecule has 1 aliphatic carbocycles. The smallest absolute Gasteiger partial charge is 0.0721 e. The van der Waals surface area contributed by atoms with Gasteiger partial charge in [0.2, 0.25) is 0 Å². The summed E-state index contributed by atoms with van der Waals surface area (Å²) in [6.07, 6.45) is 1.85. The molecule has 0 amide bonds. The van der Waals surface area contributed by atoms with Crippen LogP contribution in [0, 0.1) is 0 Å². The molecule has 0 fully saturated rings. The van der Waals surface area contributed by atoms with Crippen LogP contribution in [0.3, 0.4) is 0 Å². The SMILES string of the molecule is C=Cc1ccc(COCc2ccc3c(c2)C(C)(C)c2cc(Br)ccc2-3)cc1. The second-order valence-electron chi connectivity index (χ2n) is 7.63. The van der Waals surface area contributed by atoms with Crippen LogP contribution in [-0.2, 0) is 23.4 Å². The molecule has 4 rings (SSSR count). The van der Waals surface area contributed by atoms with Gasteiger partial charge >= 0.3 is 0 Å². The van der Waals surface area contributed by atoms with Crippen LogP contribution in [0.2, 0.25) is 0 Å². The Kier molecular flexibility index (Phi) is 4.79. The summed E-state index contributed by atoms with van der Waals surface area (Å²) in [6.45, 7) is 9.63. The van der Waals surface area contributed by atoms with Crippen LogP contribution in [0.25, 0.3) is 17.2 Å². The van der Waals surface area contributed by atoms with E-state index in [1.807, 2.05) is 6.08 Å². The molecule has 0 spiro atoms. The van der Waals surface area contributed by atoms with Gasteiger partial charge in [0.25, 0.3) is 0 Å². The second kappa shape index (κ2) is 7.10. The van der Waals surface area contributed by atoms with Gasteiger partial charge in [-0.15, -0.1) is 0 Å². The van der Waals surface area contributed by atoms with E-state index in [1.54, 1.807) is 0 Å². The third-order valence-electron chi connectivity index (χ3n) is 5.46. The van der Waals surface area contributed by atoms with Crippen LogP contribution in [0.5, 0.6) is 0 Å². The summed E-state index contributed by atoms with van der Waals surface area (Å²) >= 11 is 3.62. The molecule has 1 nitrogen and oxygen atoms in total. The van der Waals surface area contributed by atoms with E-state index in [4.69, 9.17) is 4.74 Å². The van der Waals surface area contributed by atoms with E-state index < -0.39 is 0 Å². The van der Waals surface area contributed by atoms with Crippen molar-refractivity contribution >= 4 is 22.0 Å². The molecule has 0 saturated carbocycles. The first-order chi connectivity index (χ1) is 13.0. The molecule has 3 aromatic rings. The predicted octanol–water partition coefficient (Wildman–Crippen LogP) is 7.12. The van der Waals surface area contributed by atoms with Gasteiger partial charge in [-0.2, -0.15) is 0 Å². The van der Waals surface area contributed by atoms with Gasteiger partial charge in [-0.3, -0.25) is 0 Å². The molecule has 0 N–H and O–H groups in total. The van der Waals surface area contributed by atoms with E-state index in [9.17, 15) is 0 Å². The predicted molar refractivity (Wildman–Crippen MR) is 117 cm³/mol. The van der Waals surface area contributed by atoms with E-state index in [2.05, 4.69) is 97.0 Å². The fraction of sp³-hybridized carbons (Fsp3) is 0.200. The lowest BCUT2D eigenvalue weighted by Crippen LogP contribution is -2.15. The van der Waals surface area contributed by atoms with Gasteiger partial charge in [0, 0.05) is 9.89 Å². The number of hydrogen-bond donors (Lipinski definition) is 0. The zero-order valence-corrected chi connectivity index (χ0v) is 17.3. The number of benzene rings is 3. The van der Waals surface area contributed by atoms with Gasteiger partial charge in [-0.25, -0.2) is 0 Å². The van der Waals surface area contributed by atoms with Crippen LogP contribution >= 0.6 is 15.9 Å². The highest BCUT2D eigenvalue weighted by molar-refractivity contribution is 9.10. The van der Waals surface area contributed by atoms with Crippen molar-refractivity contribution in [3.63, 3.8) is 0 Å². The average molecular weight is 419 g/mol. The average Bonchev–Trinajstić information content (AvgIpc) is 2.89. The molecule has 0 aromatic heterocycles. The molecule has 0 heterocycles. The van der Waals surface area contributed by atoms with Gasteiger partial charge < -0.3 is 4.74 Å². The molecule has 3 aromatic carbocycles. The van der Waals surface area contributed by atoms with Gasteiger partial charge in [0.05, 0.1) is 13.2 Å². The largest absolute Gasteiger partial charge is 0.372 e. The van der Waals surface area contributed by atoms with Gasteiger partial charge in [0.1, 0.15) is 0 Å². The fourth-order valence-corrected chi connectivity index (χ4v) is 4.24. The van der Waals surface area contributed by atoms with E-state index in [1.165, 1.54) is 33.4 Å². The van der Waals surface area contributed by atoms with Gasteiger partial charge in [-0.05, 0) is 51.1 Å². The molecule has 0 atom stereocenters. The molecule has 0 unspecified atom stereocenters. The lowest BCUT2D eigenvalue weighted by Gasteiger charge is -2.22. The number of halogens is 1. The van der Waals surface area contributed by atoms with Crippen molar-refractivity contribution in [2.75, 3.05) is 0 Å².